The second-order valence-electron chi connectivity index (χ2n) is 7.98. The Morgan fingerprint density at radius 3 is 2.26 bits per heavy atom. The van der Waals surface area contributed by atoms with Crippen LogP contribution in [0.2, 0.25) is 5.02 Å². The summed E-state index contributed by atoms with van der Waals surface area (Å²) in [7, 11) is -3.26. The van der Waals surface area contributed by atoms with Crippen molar-refractivity contribution in [1.82, 2.24) is 8.87 Å². The number of halogens is 1. The van der Waals surface area contributed by atoms with Crippen molar-refractivity contribution in [2.45, 2.75) is 39.7 Å². The Hall–Kier alpha value is -2.16. The van der Waals surface area contributed by atoms with E-state index < -0.39 is 28.0 Å². The van der Waals surface area contributed by atoms with Gasteiger partial charge < -0.3 is 9.30 Å². The Kier molecular flexibility index (Phi) is 6.93. The van der Waals surface area contributed by atoms with Gasteiger partial charge in [0, 0.05) is 40.8 Å². The third-order valence-corrected chi connectivity index (χ3v) is 7.26. The molecule has 168 valence electrons. The van der Waals surface area contributed by atoms with E-state index in [4.69, 9.17) is 16.3 Å². The summed E-state index contributed by atoms with van der Waals surface area (Å²) in [5, 5.41) is 0.630. The molecule has 0 bridgehead atoms. The Labute approximate surface area is 188 Å². The summed E-state index contributed by atoms with van der Waals surface area (Å²) in [6.07, 6.45) is 1.00. The smallest absolute Gasteiger partial charge is 0.309 e. The highest BCUT2D eigenvalue weighted by Gasteiger charge is 2.32. The van der Waals surface area contributed by atoms with Gasteiger partial charge in [-0.05, 0) is 63.9 Å². The lowest BCUT2D eigenvalue weighted by atomic mass is 9.98. The number of esters is 1. The predicted molar refractivity (Wildman–Crippen MR) is 119 cm³/mol. The number of sulfonamides is 1. The van der Waals surface area contributed by atoms with Crippen molar-refractivity contribution in [3.05, 3.63) is 52.3 Å². The molecule has 1 fully saturated rings. The van der Waals surface area contributed by atoms with Crippen molar-refractivity contribution in [2.24, 2.45) is 5.92 Å². The van der Waals surface area contributed by atoms with Crippen molar-refractivity contribution >= 4 is 33.4 Å². The standard InChI is InChI=1S/C22H27ClN2O5S/c1-14-13-20(15(2)25(14)19-7-5-18(23)6-8-19)21(26)16(3)30-22(27)17-9-11-24(12-10-17)31(4,28)29/h5-8,13,16-17H,9-12H2,1-4H3/t16-/m0/s1. The Bertz CT molecular complexity index is 1080. The first-order chi connectivity index (χ1) is 14.5. The van der Waals surface area contributed by atoms with Gasteiger partial charge in [0.2, 0.25) is 15.8 Å². The van der Waals surface area contributed by atoms with Gasteiger partial charge in [0.25, 0.3) is 0 Å². The average Bonchev–Trinajstić information content (AvgIpc) is 3.01. The number of benzene rings is 1. The minimum Gasteiger partial charge on any atom is -0.454 e. The Morgan fingerprint density at radius 2 is 1.71 bits per heavy atom. The third kappa shape index (κ3) is 5.19. The predicted octanol–water partition coefficient (Wildman–Crippen LogP) is 3.53. The molecule has 0 aliphatic carbocycles. The highest BCUT2D eigenvalue weighted by atomic mass is 35.5. The molecule has 0 N–H and O–H groups in total. The van der Waals surface area contributed by atoms with Crippen LogP contribution in [0.4, 0.5) is 0 Å². The maximum atomic E-state index is 13.0. The van der Waals surface area contributed by atoms with Crippen LogP contribution in [0.1, 0.15) is 41.5 Å². The van der Waals surface area contributed by atoms with Gasteiger partial charge in [-0.25, -0.2) is 12.7 Å². The molecule has 1 aliphatic heterocycles. The van der Waals surface area contributed by atoms with E-state index in [-0.39, 0.29) is 18.9 Å². The zero-order valence-corrected chi connectivity index (χ0v) is 19.7. The number of hydrogen-bond acceptors (Lipinski definition) is 5. The van der Waals surface area contributed by atoms with Crippen LogP contribution in [0, 0.1) is 19.8 Å². The number of carbonyl (C=O) groups excluding carboxylic acids is 2. The molecule has 0 radical (unpaired) electrons. The first-order valence-electron chi connectivity index (χ1n) is 10.1. The molecule has 31 heavy (non-hydrogen) atoms. The number of aromatic nitrogens is 1. The molecular formula is C22H27ClN2O5S. The van der Waals surface area contributed by atoms with Crippen molar-refractivity contribution in [3.8, 4) is 5.69 Å². The van der Waals surface area contributed by atoms with E-state index in [0.29, 0.717) is 23.4 Å². The fraction of sp³-hybridized carbons (Fsp3) is 0.455. The first-order valence-corrected chi connectivity index (χ1v) is 12.4. The molecule has 2 aromatic rings. The molecule has 0 unspecified atom stereocenters. The van der Waals surface area contributed by atoms with E-state index in [2.05, 4.69) is 0 Å². The van der Waals surface area contributed by atoms with Crippen molar-refractivity contribution in [3.63, 3.8) is 0 Å². The molecule has 9 heteroatoms. The summed E-state index contributed by atoms with van der Waals surface area (Å²) >= 11 is 5.97. The normalized spacial score (nSPS) is 16.8. The quantitative estimate of drug-likeness (QED) is 0.480. The summed E-state index contributed by atoms with van der Waals surface area (Å²) in [6.45, 7) is 5.89. The summed E-state index contributed by atoms with van der Waals surface area (Å²) in [5.41, 5.74) is 3.03. The maximum absolute atomic E-state index is 13.0. The summed E-state index contributed by atoms with van der Waals surface area (Å²) < 4.78 is 32.0. The fourth-order valence-corrected chi connectivity index (χ4v) is 4.97. The second-order valence-corrected chi connectivity index (χ2v) is 10.4. The molecule has 0 spiro atoms. The zero-order valence-electron chi connectivity index (χ0n) is 18.1. The second kappa shape index (κ2) is 9.14. The highest BCUT2D eigenvalue weighted by molar-refractivity contribution is 7.88. The molecule has 3 rings (SSSR count). The summed E-state index contributed by atoms with van der Waals surface area (Å²) in [6, 6.07) is 9.13. The topological polar surface area (TPSA) is 85.7 Å². The number of hydrogen-bond donors (Lipinski definition) is 0. The summed E-state index contributed by atoms with van der Waals surface area (Å²) in [5.74, 6) is -1.13. The maximum Gasteiger partial charge on any atom is 0.309 e. The SMILES string of the molecule is Cc1cc(C(=O)[C@H](C)OC(=O)C2CCN(S(C)(=O)=O)CC2)c(C)n1-c1ccc(Cl)cc1. The van der Waals surface area contributed by atoms with Gasteiger partial charge in [0.15, 0.2) is 6.10 Å². The van der Waals surface area contributed by atoms with Gasteiger partial charge in [-0.1, -0.05) is 11.6 Å². The van der Waals surface area contributed by atoms with Crippen LogP contribution in [0.3, 0.4) is 0 Å². The molecule has 1 atom stereocenters. The van der Waals surface area contributed by atoms with E-state index in [0.717, 1.165) is 23.3 Å². The number of aryl methyl sites for hydroxylation is 1. The van der Waals surface area contributed by atoms with Crippen LogP contribution in [0.25, 0.3) is 5.69 Å². The lowest BCUT2D eigenvalue weighted by Gasteiger charge is -2.29. The van der Waals surface area contributed by atoms with E-state index in [1.807, 2.05) is 30.5 Å². The Morgan fingerprint density at radius 1 is 1.13 bits per heavy atom. The molecule has 7 nitrogen and oxygen atoms in total. The first kappa shape index (κ1) is 23.5. The van der Waals surface area contributed by atoms with Crippen molar-refractivity contribution < 1.29 is 22.7 Å². The van der Waals surface area contributed by atoms with Crippen LogP contribution in [-0.4, -0.2) is 54.5 Å². The van der Waals surface area contributed by atoms with Crippen molar-refractivity contribution in [1.29, 1.82) is 0 Å². The number of carbonyl (C=O) groups is 2. The number of piperidine rings is 1. The lowest BCUT2D eigenvalue weighted by Crippen LogP contribution is -2.40. The highest BCUT2D eigenvalue weighted by Crippen LogP contribution is 2.25. The van der Waals surface area contributed by atoms with E-state index in [9.17, 15) is 18.0 Å². The minimum atomic E-state index is -3.26. The number of ether oxygens (including phenoxy) is 1. The van der Waals surface area contributed by atoms with E-state index in [1.54, 1.807) is 25.1 Å². The van der Waals surface area contributed by atoms with Crippen LogP contribution < -0.4 is 0 Å². The van der Waals surface area contributed by atoms with Gasteiger partial charge in [0.1, 0.15) is 0 Å². The van der Waals surface area contributed by atoms with Gasteiger partial charge in [0.05, 0.1) is 12.2 Å². The fourth-order valence-electron chi connectivity index (χ4n) is 3.97. The number of rotatable bonds is 6. The molecule has 1 aliphatic rings. The van der Waals surface area contributed by atoms with Crippen LogP contribution in [0.5, 0.6) is 0 Å². The molecule has 1 aromatic carbocycles. The number of Topliss-reactive ketones (excluding diaryl/α,β-unsaturated/α-hetero) is 1. The van der Waals surface area contributed by atoms with Crippen LogP contribution in [0.15, 0.2) is 30.3 Å². The molecule has 2 heterocycles. The number of nitrogens with zero attached hydrogens (tertiary/aromatic N) is 2. The molecular weight excluding hydrogens is 440 g/mol. The van der Waals surface area contributed by atoms with Crippen molar-refractivity contribution in [2.75, 3.05) is 19.3 Å². The molecule has 0 saturated carbocycles. The molecule has 1 saturated heterocycles. The van der Waals surface area contributed by atoms with Gasteiger partial charge in [-0.3, -0.25) is 9.59 Å². The zero-order chi connectivity index (χ0) is 22.9. The molecule has 0 amide bonds. The Balaban J connectivity index is 1.69. The molecule has 1 aromatic heterocycles. The largest absolute Gasteiger partial charge is 0.454 e. The van der Waals surface area contributed by atoms with Gasteiger partial charge >= 0.3 is 5.97 Å². The lowest BCUT2D eigenvalue weighted by molar-refractivity contribution is -0.152. The number of ketones is 1. The van der Waals surface area contributed by atoms with Gasteiger partial charge in [-0.15, -0.1) is 0 Å². The average molecular weight is 467 g/mol. The van der Waals surface area contributed by atoms with E-state index >= 15 is 0 Å². The third-order valence-electron chi connectivity index (χ3n) is 5.70. The van der Waals surface area contributed by atoms with E-state index in [1.165, 1.54) is 4.31 Å². The van der Waals surface area contributed by atoms with Gasteiger partial charge in [-0.2, -0.15) is 0 Å². The monoisotopic (exact) mass is 466 g/mol. The summed E-state index contributed by atoms with van der Waals surface area (Å²) in [4.78, 5) is 25.6. The minimum absolute atomic E-state index is 0.268. The van der Waals surface area contributed by atoms with Crippen LogP contribution >= 0.6 is 11.6 Å². The van der Waals surface area contributed by atoms with Crippen LogP contribution in [-0.2, 0) is 19.6 Å².